The Labute approximate surface area is 656 Å². The SMILES string of the molecule is COCC1OC(OC2OCC3OC4(OCC(OC(=O)c5c(C)cc(O)c(Cl)c5O)C5OCOC54)OC3C2O)C(OC)C(O)C1OC1OC(C)C(OC)C(OC2OC(C)C3OC4(CC(O)C(OC5CC(OC6CC(C)([NH+]([O-])O)C(OC)C(C)O6)C(OC(=O)c6c(C)c(Cl)c(O)c(Cl)c6OC)C(C)O5)C(C)O4)OC3(C)C2O)C1O. The average molecular weight is 1670 g/mol. The molecular formula is C70H98Cl3NO38. The number of aliphatic hydroxyl groups excluding tert-OH is 5. The molecule has 0 radical (unpaired) electrons. The third-order valence-corrected chi connectivity index (χ3v) is 23.9. The van der Waals surface area contributed by atoms with E-state index in [1.165, 1.54) is 69.3 Å². The lowest BCUT2D eigenvalue weighted by atomic mass is 9.85. The molecule has 0 aromatic heterocycles. The lowest BCUT2D eigenvalue weighted by molar-refractivity contribution is -1.09. The number of rotatable bonds is 21. The number of phenols is 3. The van der Waals surface area contributed by atoms with Crippen molar-refractivity contribution in [3.05, 3.63) is 48.6 Å². The molecule has 0 aliphatic carbocycles. The highest BCUT2D eigenvalue weighted by Crippen LogP contribution is 2.53. The number of hydroxylamine groups is 2. The van der Waals surface area contributed by atoms with Gasteiger partial charge in [0.25, 0.3) is 5.97 Å². The molecule has 632 valence electrons. The van der Waals surface area contributed by atoms with E-state index >= 15 is 0 Å². The van der Waals surface area contributed by atoms with Crippen LogP contribution in [0.3, 0.4) is 0 Å². The van der Waals surface area contributed by atoms with E-state index in [-0.39, 0.29) is 77.5 Å². The highest BCUT2D eigenvalue weighted by Gasteiger charge is 2.70. The fourth-order valence-electron chi connectivity index (χ4n) is 17.1. The number of aryl methyl sites for hydroxylation is 1. The quantitative estimate of drug-likeness (QED) is 0.0598. The van der Waals surface area contributed by atoms with Gasteiger partial charge >= 0.3 is 17.9 Å². The summed E-state index contributed by atoms with van der Waals surface area (Å²) < 4.78 is 160. The van der Waals surface area contributed by atoms with E-state index in [1.54, 1.807) is 34.6 Å². The molecule has 11 aliphatic rings. The predicted octanol–water partition coefficient (Wildman–Crippen LogP) is 0.411. The van der Waals surface area contributed by atoms with Crippen LogP contribution in [0, 0.1) is 19.1 Å². The van der Waals surface area contributed by atoms with Crippen LogP contribution >= 0.6 is 34.8 Å². The minimum atomic E-state index is -2.06. The van der Waals surface area contributed by atoms with Crippen LogP contribution in [-0.4, -0.2) is 334 Å². The van der Waals surface area contributed by atoms with Gasteiger partial charge in [0, 0.05) is 34.9 Å². The number of ether oxygens (including phenoxy) is 26. The van der Waals surface area contributed by atoms with E-state index in [0.29, 0.717) is 0 Å². The number of methoxy groups -OCH3 is 5. The first kappa shape index (κ1) is 86.1. The summed E-state index contributed by atoms with van der Waals surface area (Å²) in [5.41, 5.74) is -3.52. The summed E-state index contributed by atoms with van der Waals surface area (Å²) in [5, 5.41) is 114. The number of carbonyl (C=O) groups is 2. The molecule has 42 heteroatoms. The van der Waals surface area contributed by atoms with Crippen LogP contribution in [0.4, 0.5) is 0 Å². The summed E-state index contributed by atoms with van der Waals surface area (Å²) >= 11 is 18.8. The third-order valence-electron chi connectivity index (χ3n) is 22.7. The maximum absolute atomic E-state index is 14.3. The van der Waals surface area contributed by atoms with Crippen molar-refractivity contribution in [3.63, 3.8) is 0 Å². The smallest absolute Gasteiger partial charge is 0.342 e. The second-order valence-electron chi connectivity index (χ2n) is 30.1. The molecule has 0 bridgehead atoms. The molecule has 11 fully saturated rings. The zero-order valence-corrected chi connectivity index (χ0v) is 65.7. The molecule has 11 aliphatic heterocycles. The van der Waals surface area contributed by atoms with E-state index in [1.807, 2.05) is 0 Å². The molecule has 11 heterocycles. The van der Waals surface area contributed by atoms with Crippen LogP contribution in [0.25, 0.3) is 0 Å². The second-order valence-corrected chi connectivity index (χ2v) is 31.2. The van der Waals surface area contributed by atoms with Gasteiger partial charge in [-0.15, -0.1) is 0 Å². The summed E-state index contributed by atoms with van der Waals surface area (Å²) in [4.78, 5) is 27.7. The number of hydrogen-bond acceptors (Lipinski definition) is 38. The fraction of sp³-hybridized carbons (Fsp3) is 0.800. The first-order valence-corrected chi connectivity index (χ1v) is 37.7. The Bertz CT molecular complexity index is 3660. The van der Waals surface area contributed by atoms with Crippen LogP contribution in [0.5, 0.6) is 23.0 Å². The molecule has 112 heavy (non-hydrogen) atoms. The highest BCUT2D eigenvalue weighted by atomic mass is 35.5. The lowest BCUT2D eigenvalue weighted by Gasteiger charge is -2.50. The van der Waals surface area contributed by atoms with Crippen molar-refractivity contribution in [1.29, 1.82) is 0 Å². The number of esters is 2. The van der Waals surface area contributed by atoms with Gasteiger partial charge in [0.1, 0.15) is 137 Å². The molecule has 36 atom stereocenters. The van der Waals surface area contributed by atoms with E-state index in [2.05, 4.69) is 0 Å². The topological polar surface area (TPSA) is 484 Å². The van der Waals surface area contributed by atoms with Gasteiger partial charge in [0.2, 0.25) is 0 Å². The van der Waals surface area contributed by atoms with Gasteiger partial charge in [0.05, 0.1) is 81.4 Å². The van der Waals surface area contributed by atoms with E-state index in [0.717, 1.165) is 0 Å². The summed E-state index contributed by atoms with van der Waals surface area (Å²) in [6.45, 7) is 12.8. The van der Waals surface area contributed by atoms with Gasteiger partial charge in [0.15, 0.2) is 78.8 Å². The number of fused-ring (bicyclic) bond motifs is 4. The van der Waals surface area contributed by atoms with Gasteiger partial charge in [-0.25, -0.2) is 20.0 Å². The van der Waals surface area contributed by atoms with Gasteiger partial charge in [-0.3, -0.25) is 0 Å². The number of benzene rings is 2. The monoisotopic (exact) mass is 1670 g/mol. The molecule has 0 amide bonds. The van der Waals surface area contributed by atoms with Crippen LogP contribution in [0.2, 0.25) is 15.1 Å². The highest BCUT2D eigenvalue weighted by molar-refractivity contribution is 6.39. The molecule has 2 spiro atoms. The maximum Gasteiger partial charge on any atom is 0.342 e. The molecule has 10 N–H and O–H groups in total. The van der Waals surface area contributed by atoms with Crippen molar-refractivity contribution < 1.29 is 184 Å². The fourth-order valence-corrected chi connectivity index (χ4v) is 17.7. The van der Waals surface area contributed by atoms with Crippen molar-refractivity contribution in [3.8, 4) is 23.0 Å². The number of phenolic OH excluding ortho intramolecular Hbond substituents is 3. The molecule has 2 aromatic carbocycles. The minimum absolute atomic E-state index is 0.0785. The van der Waals surface area contributed by atoms with Crippen molar-refractivity contribution in [2.75, 3.05) is 62.2 Å². The van der Waals surface area contributed by atoms with Crippen LogP contribution in [0.15, 0.2) is 6.07 Å². The Morgan fingerprint density at radius 2 is 1.29 bits per heavy atom. The van der Waals surface area contributed by atoms with E-state index in [4.69, 9.17) is 158 Å². The van der Waals surface area contributed by atoms with Gasteiger partial charge in [-0.2, -0.15) is 0 Å². The normalized spacial score (nSPS) is 45.7. The number of hydrogen-bond donors (Lipinski definition) is 10. The van der Waals surface area contributed by atoms with Gasteiger partial charge in [-0.1, -0.05) is 34.8 Å². The standard InChI is InChI=1S/C70H98Cl3NO38/c1-23-15-30(75)41(72)43(77)38(23)61(83)101-34-21-95-70(60-53(34)93-22-94-60)109-35-20-92-63(46(80)52(35)110-70)107-65-56(90-13)45(79)51(33(102-65)19-87-10)105-64-47(81)55(50(88-11)26(4)98-64)106-66-57(82)68(9)59(29(7)99-66)111-69(112-68)17-31(76)48(27(5)108-69)103-36-16-32(100-37-18-67(8,74(85)86)58(91-14)28(6)97-37)49(25(3)96-36)104-62(84)39-24(2)40(71)44(78)42(73)54(39)89-12/h15,25-29,31-37,45-53,55-60,63-66,74-82,85H,16-22H2,1-14H3. The number of carbonyl (C=O) groups excluding carboxylic acids is 2. The van der Waals surface area contributed by atoms with Gasteiger partial charge in [-0.05, 0) is 79.5 Å². The van der Waals surface area contributed by atoms with Crippen molar-refractivity contribution >= 4 is 46.7 Å². The Hall–Kier alpha value is -3.79. The Morgan fingerprint density at radius 1 is 0.598 bits per heavy atom. The maximum atomic E-state index is 14.3. The van der Waals surface area contributed by atoms with Gasteiger partial charge < -0.3 is 169 Å². The number of quaternary nitrogens is 1. The predicted molar refractivity (Wildman–Crippen MR) is 367 cm³/mol. The summed E-state index contributed by atoms with van der Waals surface area (Å²) in [7, 11) is 6.57. The van der Waals surface area contributed by atoms with Crippen LogP contribution in [-0.2, 0) is 118 Å². The first-order chi connectivity index (χ1) is 53.0. The average Bonchev–Trinajstić information content (AvgIpc) is 1.56. The molecule has 11 saturated heterocycles. The van der Waals surface area contributed by atoms with E-state index < -0.39 is 259 Å². The van der Waals surface area contributed by atoms with E-state index in [9.17, 15) is 60.9 Å². The summed E-state index contributed by atoms with van der Waals surface area (Å²) in [6.07, 6.45) is -40.6. The third kappa shape index (κ3) is 15.6. The molecule has 13 rings (SSSR count). The summed E-state index contributed by atoms with van der Waals surface area (Å²) in [5.74, 6) is -7.98. The van der Waals surface area contributed by atoms with Crippen LogP contribution < -0.4 is 9.96 Å². The zero-order valence-electron chi connectivity index (χ0n) is 63.4. The second kappa shape index (κ2) is 33.8. The van der Waals surface area contributed by atoms with Crippen LogP contribution in [0.1, 0.15) is 99.6 Å². The first-order valence-electron chi connectivity index (χ1n) is 36.5. The molecule has 39 nitrogen and oxygen atoms in total. The largest absolute Gasteiger partial charge is 0.600 e. The van der Waals surface area contributed by atoms with Crippen molar-refractivity contribution in [2.45, 2.75) is 295 Å². The molecular weight excluding hydrogens is 1570 g/mol. The Kier molecular flexibility index (Phi) is 26.0. The minimum Gasteiger partial charge on any atom is -0.600 e. The molecule has 0 saturated carbocycles. The van der Waals surface area contributed by atoms with Crippen molar-refractivity contribution in [2.24, 2.45) is 0 Å². The lowest BCUT2D eigenvalue weighted by Crippen LogP contribution is -3.16. The zero-order chi connectivity index (χ0) is 81.0. The Balaban J connectivity index is 0.644. The summed E-state index contributed by atoms with van der Waals surface area (Å²) in [6, 6.07) is 1.19. The number of nitrogens with one attached hydrogen (secondary N) is 1. The molecule has 36 unspecified atom stereocenters. The molecule has 2 aromatic rings. The Morgan fingerprint density at radius 3 is 1.96 bits per heavy atom. The number of halogens is 3. The van der Waals surface area contributed by atoms with Crippen molar-refractivity contribution in [1.82, 2.24) is 0 Å². The number of aromatic hydroxyl groups is 3. The number of aliphatic hydroxyl groups is 5.